The Morgan fingerprint density at radius 2 is 1.75 bits per heavy atom. The third-order valence-electron chi connectivity index (χ3n) is 3.31. The van der Waals surface area contributed by atoms with Crippen molar-refractivity contribution in [1.82, 2.24) is 4.90 Å². The van der Waals surface area contributed by atoms with Gasteiger partial charge in [0.15, 0.2) is 0 Å². The number of anilines is 1. The molecule has 0 bridgehead atoms. The van der Waals surface area contributed by atoms with Crippen molar-refractivity contribution in [1.29, 1.82) is 0 Å². The van der Waals surface area contributed by atoms with E-state index >= 15 is 0 Å². The summed E-state index contributed by atoms with van der Waals surface area (Å²) in [7, 11) is 0. The highest BCUT2D eigenvalue weighted by atomic mass is 35.5. The van der Waals surface area contributed by atoms with Gasteiger partial charge in [-0.15, -0.1) is 11.6 Å². The monoisotopic (exact) mass is 310 g/mol. The average molecular weight is 311 g/mol. The van der Waals surface area contributed by atoms with Crippen molar-refractivity contribution in [3.8, 4) is 0 Å². The lowest BCUT2D eigenvalue weighted by molar-refractivity contribution is -0.146. The first-order chi connectivity index (χ1) is 9.40. The van der Waals surface area contributed by atoms with Crippen LogP contribution in [0.4, 0.5) is 23.2 Å². The Balaban J connectivity index is 2.04. The van der Waals surface area contributed by atoms with E-state index in [0.717, 1.165) is 0 Å². The fourth-order valence-corrected chi connectivity index (χ4v) is 2.62. The highest BCUT2D eigenvalue weighted by Crippen LogP contribution is 2.27. The summed E-state index contributed by atoms with van der Waals surface area (Å²) in [6, 6.07) is 4.65. The number of hydrogen-bond donors (Lipinski definition) is 0. The SMILES string of the molecule is Fc1cccc(CCl)c1N1CCN(CC(F)(F)F)CC1. The summed E-state index contributed by atoms with van der Waals surface area (Å²) < 4.78 is 50.8. The van der Waals surface area contributed by atoms with Gasteiger partial charge >= 0.3 is 6.18 Å². The Kier molecular flexibility index (Phi) is 4.75. The van der Waals surface area contributed by atoms with Crippen LogP contribution in [-0.4, -0.2) is 43.8 Å². The molecule has 1 aromatic rings. The fraction of sp³-hybridized carbons (Fsp3) is 0.538. The molecule has 2 nitrogen and oxygen atoms in total. The number of piperazine rings is 1. The predicted octanol–water partition coefficient (Wildman–Crippen LogP) is 3.25. The molecule has 0 amide bonds. The molecule has 0 radical (unpaired) electrons. The number of benzene rings is 1. The lowest BCUT2D eigenvalue weighted by Crippen LogP contribution is -2.49. The molecule has 1 aliphatic heterocycles. The van der Waals surface area contributed by atoms with Gasteiger partial charge in [0.2, 0.25) is 0 Å². The number of hydrogen-bond acceptors (Lipinski definition) is 2. The minimum Gasteiger partial charge on any atom is -0.366 e. The molecular formula is C13H15ClF4N2. The molecule has 0 aliphatic carbocycles. The van der Waals surface area contributed by atoms with Crippen LogP contribution in [0, 0.1) is 5.82 Å². The standard InChI is InChI=1S/C13H15ClF4N2/c14-8-10-2-1-3-11(15)12(10)20-6-4-19(5-7-20)9-13(16,17)18/h1-3H,4-9H2. The number of halogens is 5. The van der Waals surface area contributed by atoms with Crippen LogP contribution in [0.2, 0.25) is 0 Å². The molecule has 0 spiro atoms. The molecule has 112 valence electrons. The fourth-order valence-electron chi connectivity index (χ4n) is 2.41. The summed E-state index contributed by atoms with van der Waals surface area (Å²) in [6.45, 7) is 0.327. The Labute approximate surface area is 119 Å². The van der Waals surface area contributed by atoms with E-state index in [9.17, 15) is 17.6 Å². The van der Waals surface area contributed by atoms with Crippen LogP contribution in [0.1, 0.15) is 5.56 Å². The maximum absolute atomic E-state index is 13.9. The van der Waals surface area contributed by atoms with Crippen LogP contribution in [0.25, 0.3) is 0 Å². The van der Waals surface area contributed by atoms with Crippen molar-refractivity contribution in [2.75, 3.05) is 37.6 Å². The molecule has 1 fully saturated rings. The van der Waals surface area contributed by atoms with Gasteiger partial charge in [-0.2, -0.15) is 13.2 Å². The molecule has 0 aromatic heterocycles. The van der Waals surface area contributed by atoms with E-state index in [0.29, 0.717) is 24.3 Å². The van der Waals surface area contributed by atoms with E-state index in [1.54, 1.807) is 17.0 Å². The minimum absolute atomic E-state index is 0.176. The molecule has 20 heavy (non-hydrogen) atoms. The Morgan fingerprint density at radius 1 is 1.10 bits per heavy atom. The largest absolute Gasteiger partial charge is 0.401 e. The maximum Gasteiger partial charge on any atom is 0.401 e. The van der Waals surface area contributed by atoms with Crippen LogP contribution in [0.15, 0.2) is 18.2 Å². The van der Waals surface area contributed by atoms with Gasteiger partial charge in [-0.25, -0.2) is 4.39 Å². The summed E-state index contributed by atoms with van der Waals surface area (Å²) in [5.74, 6) is -0.206. The first-order valence-electron chi connectivity index (χ1n) is 6.28. The second kappa shape index (κ2) is 6.18. The quantitative estimate of drug-likeness (QED) is 0.624. The van der Waals surface area contributed by atoms with Crippen LogP contribution in [-0.2, 0) is 5.88 Å². The van der Waals surface area contributed by atoms with Gasteiger partial charge in [0.1, 0.15) is 5.82 Å². The first-order valence-corrected chi connectivity index (χ1v) is 6.81. The van der Waals surface area contributed by atoms with Gasteiger partial charge in [0, 0.05) is 32.1 Å². The van der Waals surface area contributed by atoms with Crippen LogP contribution in [0.5, 0.6) is 0 Å². The summed E-state index contributed by atoms with van der Waals surface area (Å²) in [4.78, 5) is 3.09. The minimum atomic E-state index is -4.19. The highest BCUT2D eigenvalue weighted by molar-refractivity contribution is 6.17. The molecule has 1 heterocycles. The van der Waals surface area contributed by atoms with Gasteiger partial charge in [0.05, 0.1) is 12.2 Å². The summed E-state index contributed by atoms with van der Waals surface area (Å²) in [5.41, 5.74) is 1.07. The average Bonchev–Trinajstić information content (AvgIpc) is 2.38. The second-order valence-electron chi connectivity index (χ2n) is 4.76. The van der Waals surface area contributed by atoms with Gasteiger partial charge in [-0.3, -0.25) is 4.90 Å². The van der Waals surface area contributed by atoms with E-state index in [2.05, 4.69) is 0 Å². The maximum atomic E-state index is 13.9. The molecule has 0 unspecified atom stereocenters. The third kappa shape index (κ3) is 3.76. The van der Waals surface area contributed by atoms with Crippen LogP contribution in [0.3, 0.4) is 0 Å². The topological polar surface area (TPSA) is 6.48 Å². The van der Waals surface area contributed by atoms with Crippen molar-refractivity contribution in [3.63, 3.8) is 0 Å². The van der Waals surface area contributed by atoms with E-state index in [1.807, 2.05) is 0 Å². The van der Waals surface area contributed by atoms with E-state index in [-0.39, 0.29) is 24.8 Å². The van der Waals surface area contributed by atoms with Gasteiger partial charge in [-0.05, 0) is 11.6 Å². The van der Waals surface area contributed by atoms with E-state index in [4.69, 9.17) is 11.6 Å². The van der Waals surface area contributed by atoms with Crippen molar-refractivity contribution in [3.05, 3.63) is 29.6 Å². The van der Waals surface area contributed by atoms with Gasteiger partial charge in [0.25, 0.3) is 0 Å². The summed E-state index contributed by atoms with van der Waals surface area (Å²) >= 11 is 5.79. The molecule has 0 saturated carbocycles. The van der Waals surface area contributed by atoms with Crippen LogP contribution >= 0.6 is 11.6 Å². The Hall–Kier alpha value is -1.01. The normalized spacial score (nSPS) is 17.6. The predicted molar refractivity (Wildman–Crippen MR) is 70.7 cm³/mol. The third-order valence-corrected chi connectivity index (χ3v) is 3.59. The molecule has 2 rings (SSSR count). The number of para-hydroxylation sites is 1. The summed E-state index contributed by atoms with van der Waals surface area (Å²) in [5, 5.41) is 0. The van der Waals surface area contributed by atoms with Crippen molar-refractivity contribution < 1.29 is 17.6 Å². The van der Waals surface area contributed by atoms with E-state index < -0.39 is 12.7 Å². The smallest absolute Gasteiger partial charge is 0.366 e. The van der Waals surface area contributed by atoms with Gasteiger partial charge in [-0.1, -0.05) is 12.1 Å². The first kappa shape index (κ1) is 15.4. The molecule has 1 aromatic carbocycles. The molecule has 7 heteroatoms. The molecule has 1 saturated heterocycles. The zero-order chi connectivity index (χ0) is 14.8. The Bertz CT molecular complexity index is 456. The number of alkyl halides is 4. The van der Waals surface area contributed by atoms with Gasteiger partial charge < -0.3 is 4.90 Å². The Morgan fingerprint density at radius 3 is 2.30 bits per heavy atom. The van der Waals surface area contributed by atoms with Crippen molar-refractivity contribution >= 4 is 17.3 Å². The zero-order valence-corrected chi connectivity index (χ0v) is 11.5. The number of nitrogens with zero attached hydrogens (tertiary/aromatic N) is 2. The van der Waals surface area contributed by atoms with Crippen LogP contribution < -0.4 is 4.90 Å². The lowest BCUT2D eigenvalue weighted by Gasteiger charge is -2.37. The highest BCUT2D eigenvalue weighted by Gasteiger charge is 2.32. The molecule has 0 atom stereocenters. The lowest BCUT2D eigenvalue weighted by atomic mass is 10.1. The van der Waals surface area contributed by atoms with Crippen molar-refractivity contribution in [2.24, 2.45) is 0 Å². The molecule has 1 aliphatic rings. The summed E-state index contributed by atoms with van der Waals surface area (Å²) in [6.07, 6.45) is -4.19. The molecular weight excluding hydrogens is 296 g/mol. The van der Waals surface area contributed by atoms with Crippen molar-refractivity contribution in [2.45, 2.75) is 12.1 Å². The second-order valence-corrected chi connectivity index (χ2v) is 5.03. The van der Waals surface area contributed by atoms with E-state index in [1.165, 1.54) is 11.0 Å². The number of rotatable bonds is 3. The molecule has 0 N–H and O–H groups in total. The zero-order valence-electron chi connectivity index (χ0n) is 10.8.